The van der Waals surface area contributed by atoms with Crippen molar-refractivity contribution >= 4 is 21.6 Å². The minimum Gasteiger partial charge on any atom is -0.372 e. The van der Waals surface area contributed by atoms with Gasteiger partial charge in [-0.15, -0.1) is 0 Å². The highest BCUT2D eigenvalue weighted by atomic mass is 32.2. The first kappa shape index (κ1) is 22.7. The number of sulfonamides is 1. The van der Waals surface area contributed by atoms with Crippen LogP contribution in [0.1, 0.15) is 37.7 Å². The Labute approximate surface area is 189 Å². The fourth-order valence-electron chi connectivity index (χ4n) is 4.44. The van der Waals surface area contributed by atoms with Crippen LogP contribution in [0.5, 0.6) is 0 Å². The van der Waals surface area contributed by atoms with E-state index in [9.17, 15) is 17.6 Å². The van der Waals surface area contributed by atoms with Crippen molar-refractivity contribution < 1.29 is 17.6 Å². The Morgan fingerprint density at radius 1 is 0.938 bits per heavy atom. The van der Waals surface area contributed by atoms with Crippen LogP contribution in [-0.4, -0.2) is 44.8 Å². The summed E-state index contributed by atoms with van der Waals surface area (Å²) in [5.41, 5.74) is 2.24. The highest BCUT2D eigenvalue weighted by Gasteiger charge is 2.33. The number of anilines is 1. The molecule has 8 heteroatoms. The summed E-state index contributed by atoms with van der Waals surface area (Å²) < 4.78 is 40.2. The fourth-order valence-corrected chi connectivity index (χ4v) is 5.96. The normalized spacial score (nSPS) is 20.2. The molecule has 0 spiro atoms. The number of amides is 1. The van der Waals surface area contributed by atoms with Gasteiger partial charge in [-0.05, 0) is 74.1 Å². The van der Waals surface area contributed by atoms with Gasteiger partial charge >= 0.3 is 0 Å². The van der Waals surface area contributed by atoms with Crippen molar-refractivity contribution in [3.63, 3.8) is 0 Å². The van der Waals surface area contributed by atoms with Crippen LogP contribution in [0.3, 0.4) is 0 Å². The number of halogens is 1. The number of nitrogens with zero attached hydrogens (tertiary/aromatic N) is 2. The van der Waals surface area contributed by atoms with Crippen molar-refractivity contribution in [2.75, 3.05) is 31.1 Å². The van der Waals surface area contributed by atoms with Gasteiger partial charge < -0.3 is 10.2 Å². The van der Waals surface area contributed by atoms with Crippen LogP contribution in [0, 0.1) is 11.7 Å². The molecule has 6 nitrogen and oxygen atoms in total. The van der Waals surface area contributed by atoms with E-state index in [4.69, 9.17) is 0 Å². The molecule has 0 radical (unpaired) electrons. The van der Waals surface area contributed by atoms with Crippen LogP contribution >= 0.6 is 0 Å². The van der Waals surface area contributed by atoms with Crippen molar-refractivity contribution in [1.82, 2.24) is 9.62 Å². The molecule has 32 heavy (non-hydrogen) atoms. The Balaban J connectivity index is 1.33. The van der Waals surface area contributed by atoms with Crippen LogP contribution in [0.15, 0.2) is 53.4 Å². The lowest BCUT2D eigenvalue weighted by Gasteiger charge is -2.31. The van der Waals surface area contributed by atoms with Crippen molar-refractivity contribution in [3.8, 4) is 0 Å². The number of carbonyl (C=O) groups excluding carboxylic acids is 1. The van der Waals surface area contributed by atoms with Crippen molar-refractivity contribution in [1.29, 1.82) is 0 Å². The maximum atomic E-state index is 13.2. The largest absolute Gasteiger partial charge is 0.372 e. The first-order valence-electron chi connectivity index (χ1n) is 11.3. The lowest BCUT2D eigenvalue weighted by Crippen LogP contribution is -2.45. The third kappa shape index (κ3) is 5.30. The number of nitrogens with one attached hydrogen (secondary N) is 1. The molecule has 0 bridgehead atoms. The summed E-state index contributed by atoms with van der Waals surface area (Å²) in [4.78, 5) is 15.2. The Morgan fingerprint density at radius 3 is 2.31 bits per heavy atom. The molecule has 1 atom stereocenters. The van der Waals surface area contributed by atoms with Crippen LogP contribution in [0.25, 0.3) is 0 Å². The van der Waals surface area contributed by atoms with E-state index in [-0.39, 0.29) is 17.3 Å². The molecular formula is C24H30FN3O3S. The minimum atomic E-state index is -3.75. The molecule has 2 aromatic rings. The Bertz CT molecular complexity index is 1020. The predicted molar refractivity (Wildman–Crippen MR) is 122 cm³/mol. The Kier molecular flexibility index (Phi) is 7.10. The standard InChI is InChI=1S/C24H30FN3O3S/c25-21-8-12-23(13-9-21)32(30,31)28-16-4-5-20(18-28)24(29)26-17-19-6-10-22(11-7-19)27-14-2-1-3-15-27/h6-13,20H,1-5,14-18H2,(H,26,29)/t20-/m1/s1. The Morgan fingerprint density at radius 2 is 1.62 bits per heavy atom. The third-order valence-electron chi connectivity index (χ3n) is 6.33. The summed E-state index contributed by atoms with van der Waals surface area (Å²) in [5.74, 6) is -1.01. The average Bonchev–Trinajstić information content (AvgIpc) is 2.84. The molecule has 4 rings (SSSR count). The number of rotatable bonds is 6. The van der Waals surface area contributed by atoms with Crippen LogP contribution < -0.4 is 10.2 Å². The van der Waals surface area contributed by atoms with Gasteiger partial charge in [0.2, 0.25) is 15.9 Å². The summed E-state index contributed by atoms with van der Waals surface area (Å²) >= 11 is 0. The first-order valence-corrected chi connectivity index (χ1v) is 12.7. The van der Waals surface area contributed by atoms with Crippen molar-refractivity contribution in [2.45, 2.75) is 43.5 Å². The summed E-state index contributed by atoms with van der Waals surface area (Å²) in [5, 5.41) is 2.96. The molecule has 0 saturated carbocycles. The number of piperidine rings is 2. The zero-order chi connectivity index (χ0) is 22.6. The SMILES string of the molecule is O=C(NCc1ccc(N2CCCCC2)cc1)[C@@H]1CCCN(S(=O)(=O)c2ccc(F)cc2)C1. The van der Waals surface area contributed by atoms with E-state index in [1.54, 1.807) is 0 Å². The molecule has 0 unspecified atom stereocenters. The molecule has 0 aliphatic carbocycles. The molecule has 2 saturated heterocycles. The molecule has 1 N–H and O–H groups in total. The zero-order valence-corrected chi connectivity index (χ0v) is 19.0. The quantitative estimate of drug-likeness (QED) is 0.718. The monoisotopic (exact) mass is 459 g/mol. The third-order valence-corrected chi connectivity index (χ3v) is 8.21. The number of benzene rings is 2. The molecule has 2 fully saturated rings. The van der Waals surface area contributed by atoms with Gasteiger partial charge in [-0.3, -0.25) is 4.79 Å². The maximum absolute atomic E-state index is 13.2. The minimum absolute atomic E-state index is 0.0498. The van der Waals surface area contributed by atoms with E-state index in [1.165, 1.54) is 41.4 Å². The van der Waals surface area contributed by atoms with E-state index in [0.29, 0.717) is 25.9 Å². The summed E-state index contributed by atoms with van der Waals surface area (Å²) in [6, 6.07) is 13.1. The summed E-state index contributed by atoms with van der Waals surface area (Å²) in [6.45, 7) is 3.10. The van der Waals surface area contributed by atoms with Gasteiger partial charge in [-0.25, -0.2) is 12.8 Å². The fraction of sp³-hybridized carbons (Fsp3) is 0.458. The van der Waals surface area contributed by atoms with Gasteiger partial charge in [-0.2, -0.15) is 4.31 Å². The number of hydrogen-bond acceptors (Lipinski definition) is 4. The van der Waals surface area contributed by atoms with E-state index >= 15 is 0 Å². The molecule has 2 aliphatic heterocycles. The van der Waals surface area contributed by atoms with Crippen molar-refractivity contribution in [3.05, 3.63) is 59.9 Å². The van der Waals surface area contributed by atoms with Crippen LogP contribution in [0.2, 0.25) is 0 Å². The topological polar surface area (TPSA) is 69.7 Å². The highest BCUT2D eigenvalue weighted by molar-refractivity contribution is 7.89. The number of carbonyl (C=O) groups is 1. The second-order valence-corrected chi connectivity index (χ2v) is 10.5. The molecule has 2 aromatic carbocycles. The lowest BCUT2D eigenvalue weighted by molar-refractivity contribution is -0.126. The Hall–Kier alpha value is -2.45. The number of hydrogen-bond donors (Lipinski definition) is 1. The molecule has 2 heterocycles. The average molecular weight is 460 g/mol. The van der Waals surface area contributed by atoms with Crippen molar-refractivity contribution in [2.24, 2.45) is 5.92 Å². The molecule has 2 aliphatic rings. The van der Waals surface area contributed by atoms with E-state index < -0.39 is 21.8 Å². The first-order chi connectivity index (χ1) is 15.4. The molecule has 0 aromatic heterocycles. The molecule has 172 valence electrons. The second kappa shape index (κ2) is 10.0. The van der Waals surface area contributed by atoms with Gasteiger partial charge in [0.1, 0.15) is 5.82 Å². The summed E-state index contributed by atoms with van der Waals surface area (Å²) in [7, 11) is -3.75. The van der Waals surface area contributed by atoms with E-state index in [1.807, 2.05) is 12.1 Å². The smallest absolute Gasteiger partial charge is 0.243 e. The van der Waals surface area contributed by atoms with Gasteiger partial charge in [0, 0.05) is 38.4 Å². The zero-order valence-electron chi connectivity index (χ0n) is 18.2. The van der Waals surface area contributed by atoms with Gasteiger partial charge in [0.15, 0.2) is 0 Å². The van der Waals surface area contributed by atoms with Gasteiger partial charge in [0.05, 0.1) is 10.8 Å². The van der Waals surface area contributed by atoms with E-state index in [2.05, 4.69) is 22.3 Å². The van der Waals surface area contributed by atoms with Gasteiger partial charge in [-0.1, -0.05) is 12.1 Å². The van der Waals surface area contributed by atoms with Crippen LogP contribution in [-0.2, 0) is 21.4 Å². The maximum Gasteiger partial charge on any atom is 0.243 e. The van der Waals surface area contributed by atoms with Crippen LogP contribution in [0.4, 0.5) is 10.1 Å². The highest BCUT2D eigenvalue weighted by Crippen LogP contribution is 2.24. The van der Waals surface area contributed by atoms with E-state index in [0.717, 1.165) is 30.8 Å². The second-order valence-electron chi connectivity index (χ2n) is 8.59. The lowest BCUT2D eigenvalue weighted by atomic mass is 9.98. The molecular weight excluding hydrogens is 429 g/mol. The summed E-state index contributed by atoms with van der Waals surface area (Å²) in [6.07, 6.45) is 5.02. The van der Waals surface area contributed by atoms with Gasteiger partial charge in [0.25, 0.3) is 0 Å². The predicted octanol–water partition coefficient (Wildman–Crippen LogP) is 3.53. The molecule has 1 amide bonds.